The normalized spacial score (nSPS) is 12.0. The zero-order valence-electron chi connectivity index (χ0n) is 23.1. The first-order chi connectivity index (χ1) is 19.8. The Labute approximate surface area is 244 Å². The summed E-state index contributed by atoms with van der Waals surface area (Å²) < 4.78 is 0. The lowest BCUT2D eigenvalue weighted by atomic mass is 10.0. The van der Waals surface area contributed by atoms with Crippen LogP contribution in [0, 0.1) is 0 Å². The molecule has 4 rings (SSSR count). The summed E-state index contributed by atoms with van der Waals surface area (Å²) >= 11 is 1.41. The summed E-state index contributed by atoms with van der Waals surface area (Å²) in [6.45, 7) is 6.06. The Hall–Kier alpha value is -4.69. The zero-order valence-corrected chi connectivity index (χ0v) is 23.9. The molecule has 0 aliphatic carbocycles. The Bertz CT molecular complexity index is 1500. The third-order valence-corrected chi connectivity index (χ3v) is 7.30. The van der Waals surface area contributed by atoms with Crippen LogP contribution < -0.4 is 16.0 Å². The third kappa shape index (κ3) is 8.65. The summed E-state index contributed by atoms with van der Waals surface area (Å²) in [5.74, 6) is -0.568. The van der Waals surface area contributed by atoms with E-state index < -0.39 is 5.91 Å². The molecule has 1 unspecified atom stereocenters. The van der Waals surface area contributed by atoms with Gasteiger partial charge in [-0.05, 0) is 78.6 Å². The second-order valence-corrected chi connectivity index (χ2v) is 11.1. The van der Waals surface area contributed by atoms with Crippen LogP contribution in [0.1, 0.15) is 48.2 Å². The van der Waals surface area contributed by atoms with Gasteiger partial charge < -0.3 is 16.0 Å². The number of amides is 3. The number of nitrogens with zero attached hydrogens (tertiary/aromatic N) is 1. The first kappa shape index (κ1) is 29.3. The van der Waals surface area contributed by atoms with Crippen LogP contribution >= 0.6 is 11.8 Å². The highest BCUT2D eigenvalue weighted by atomic mass is 32.2. The molecule has 0 saturated carbocycles. The Morgan fingerprint density at radius 1 is 0.756 bits per heavy atom. The Kier molecular flexibility index (Phi) is 10.1. The van der Waals surface area contributed by atoms with Crippen molar-refractivity contribution in [2.24, 2.45) is 0 Å². The van der Waals surface area contributed by atoms with Crippen LogP contribution in [0.2, 0.25) is 0 Å². The standard InChI is InChI=1S/C33H32N4O3S/c1-22(2)25-11-9-24(10-12-25)21-30(37-32(39)26-7-5-4-6-8-26)33(40)36-27-13-15-29(16-14-27)41-23(3)31(38)35-28-17-19-34-20-18-28/h4-23H,1-3H3,(H,36,40)(H,37,39)(H,34,35,38)/b30-21-. The van der Waals surface area contributed by atoms with Crippen molar-refractivity contribution < 1.29 is 14.4 Å². The Morgan fingerprint density at radius 3 is 2.02 bits per heavy atom. The highest BCUT2D eigenvalue weighted by Crippen LogP contribution is 2.26. The van der Waals surface area contributed by atoms with Crippen molar-refractivity contribution in [3.8, 4) is 0 Å². The van der Waals surface area contributed by atoms with Crippen LogP contribution in [-0.2, 0) is 9.59 Å². The molecule has 208 valence electrons. The number of pyridine rings is 1. The van der Waals surface area contributed by atoms with Gasteiger partial charge in [-0.15, -0.1) is 11.8 Å². The Morgan fingerprint density at radius 2 is 1.39 bits per heavy atom. The van der Waals surface area contributed by atoms with Crippen molar-refractivity contribution in [2.45, 2.75) is 36.8 Å². The lowest BCUT2D eigenvalue weighted by Crippen LogP contribution is -2.30. The molecule has 0 spiro atoms. The molecule has 1 atom stereocenters. The van der Waals surface area contributed by atoms with E-state index in [1.165, 1.54) is 17.3 Å². The van der Waals surface area contributed by atoms with Gasteiger partial charge in [0.2, 0.25) is 5.91 Å². The maximum Gasteiger partial charge on any atom is 0.272 e. The summed E-state index contributed by atoms with van der Waals surface area (Å²) in [5.41, 5.74) is 3.79. The van der Waals surface area contributed by atoms with Crippen molar-refractivity contribution in [3.63, 3.8) is 0 Å². The van der Waals surface area contributed by atoms with Crippen molar-refractivity contribution in [1.82, 2.24) is 10.3 Å². The summed E-state index contributed by atoms with van der Waals surface area (Å²) in [6, 6.07) is 27.3. The molecule has 1 aromatic heterocycles. The van der Waals surface area contributed by atoms with Crippen molar-refractivity contribution in [2.75, 3.05) is 10.6 Å². The van der Waals surface area contributed by atoms with Gasteiger partial charge >= 0.3 is 0 Å². The van der Waals surface area contributed by atoms with Gasteiger partial charge in [0.1, 0.15) is 5.70 Å². The van der Waals surface area contributed by atoms with Crippen LogP contribution in [0.15, 0.2) is 114 Å². The molecular formula is C33H32N4O3S. The van der Waals surface area contributed by atoms with E-state index in [1.807, 2.05) is 49.4 Å². The van der Waals surface area contributed by atoms with Crippen LogP contribution in [-0.4, -0.2) is 28.0 Å². The molecule has 41 heavy (non-hydrogen) atoms. The van der Waals surface area contributed by atoms with Crippen LogP contribution in [0.3, 0.4) is 0 Å². The molecule has 0 bridgehead atoms. The van der Waals surface area contributed by atoms with Crippen molar-refractivity contribution >= 4 is 46.9 Å². The van der Waals surface area contributed by atoms with E-state index in [0.717, 1.165) is 10.5 Å². The molecule has 3 aromatic carbocycles. The fourth-order valence-electron chi connectivity index (χ4n) is 3.84. The van der Waals surface area contributed by atoms with Gasteiger partial charge in [-0.25, -0.2) is 0 Å². The molecule has 0 saturated heterocycles. The molecule has 4 aromatic rings. The molecular weight excluding hydrogens is 532 g/mol. The minimum absolute atomic E-state index is 0.121. The van der Waals surface area contributed by atoms with E-state index in [0.29, 0.717) is 22.9 Å². The monoisotopic (exact) mass is 564 g/mol. The molecule has 0 radical (unpaired) electrons. The van der Waals surface area contributed by atoms with Gasteiger partial charge in [-0.1, -0.05) is 56.3 Å². The number of anilines is 2. The minimum atomic E-state index is -0.451. The van der Waals surface area contributed by atoms with E-state index in [1.54, 1.807) is 67.0 Å². The molecule has 0 aliphatic rings. The van der Waals surface area contributed by atoms with Crippen LogP contribution in [0.4, 0.5) is 11.4 Å². The lowest BCUT2D eigenvalue weighted by molar-refractivity contribution is -0.115. The smallest absolute Gasteiger partial charge is 0.272 e. The molecule has 1 heterocycles. The molecule has 0 aliphatic heterocycles. The number of hydrogen-bond donors (Lipinski definition) is 3. The number of benzene rings is 3. The maximum atomic E-state index is 13.3. The fraction of sp³-hybridized carbons (Fsp3) is 0.152. The predicted molar refractivity (Wildman–Crippen MR) is 166 cm³/mol. The van der Waals surface area contributed by atoms with E-state index in [4.69, 9.17) is 0 Å². The maximum absolute atomic E-state index is 13.3. The van der Waals surface area contributed by atoms with Gasteiger partial charge in [-0.3, -0.25) is 19.4 Å². The lowest BCUT2D eigenvalue weighted by Gasteiger charge is -2.13. The number of aromatic nitrogens is 1. The number of rotatable bonds is 10. The van der Waals surface area contributed by atoms with E-state index in [9.17, 15) is 14.4 Å². The highest BCUT2D eigenvalue weighted by Gasteiger charge is 2.17. The summed E-state index contributed by atoms with van der Waals surface area (Å²) in [4.78, 5) is 43.6. The van der Waals surface area contributed by atoms with Gasteiger partial charge in [0.05, 0.1) is 5.25 Å². The predicted octanol–water partition coefficient (Wildman–Crippen LogP) is 6.73. The SMILES string of the molecule is CC(Sc1ccc(NC(=O)/C(=C/c2ccc(C(C)C)cc2)NC(=O)c2ccccc2)cc1)C(=O)Nc1ccncc1. The second kappa shape index (κ2) is 14.1. The van der Waals surface area contributed by atoms with E-state index in [-0.39, 0.29) is 22.8 Å². The average molecular weight is 565 g/mol. The first-order valence-electron chi connectivity index (χ1n) is 13.3. The largest absolute Gasteiger partial charge is 0.325 e. The average Bonchev–Trinajstić information content (AvgIpc) is 2.99. The van der Waals surface area contributed by atoms with E-state index in [2.05, 4.69) is 34.8 Å². The summed E-state index contributed by atoms with van der Waals surface area (Å²) in [5, 5.41) is 8.17. The molecule has 7 nitrogen and oxygen atoms in total. The molecule has 3 N–H and O–H groups in total. The Balaban J connectivity index is 1.45. The van der Waals surface area contributed by atoms with Gasteiger partial charge in [-0.2, -0.15) is 0 Å². The molecule has 8 heteroatoms. The number of hydrogen-bond acceptors (Lipinski definition) is 5. The molecule has 3 amide bonds. The summed E-state index contributed by atoms with van der Waals surface area (Å²) in [7, 11) is 0. The number of carbonyl (C=O) groups is 3. The number of thioether (sulfide) groups is 1. The number of nitrogens with one attached hydrogen (secondary N) is 3. The number of carbonyl (C=O) groups excluding carboxylic acids is 3. The summed E-state index contributed by atoms with van der Waals surface area (Å²) in [6.07, 6.45) is 4.90. The first-order valence-corrected chi connectivity index (χ1v) is 14.1. The third-order valence-electron chi connectivity index (χ3n) is 6.19. The van der Waals surface area contributed by atoms with Crippen LogP contribution in [0.5, 0.6) is 0 Å². The highest BCUT2D eigenvalue weighted by molar-refractivity contribution is 8.00. The van der Waals surface area contributed by atoms with Gasteiger partial charge in [0.15, 0.2) is 0 Å². The second-order valence-electron chi connectivity index (χ2n) is 9.66. The minimum Gasteiger partial charge on any atom is -0.325 e. The fourth-order valence-corrected chi connectivity index (χ4v) is 4.71. The van der Waals surface area contributed by atoms with Crippen molar-refractivity contribution in [1.29, 1.82) is 0 Å². The van der Waals surface area contributed by atoms with E-state index >= 15 is 0 Å². The van der Waals surface area contributed by atoms with Crippen LogP contribution in [0.25, 0.3) is 6.08 Å². The quantitative estimate of drug-likeness (QED) is 0.146. The van der Waals surface area contributed by atoms with Crippen molar-refractivity contribution in [3.05, 3.63) is 126 Å². The van der Waals surface area contributed by atoms with Gasteiger partial charge in [0.25, 0.3) is 11.8 Å². The molecule has 0 fully saturated rings. The topological polar surface area (TPSA) is 100 Å². The van der Waals surface area contributed by atoms with Gasteiger partial charge in [0, 0.05) is 34.2 Å². The zero-order chi connectivity index (χ0) is 29.2.